The summed E-state index contributed by atoms with van der Waals surface area (Å²) in [6.45, 7) is 8.31. The number of hydrogen-bond acceptors (Lipinski definition) is 4. The Morgan fingerprint density at radius 2 is 2.12 bits per heavy atom. The van der Waals surface area contributed by atoms with Crippen molar-refractivity contribution in [2.45, 2.75) is 39.5 Å². The molecule has 0 amide bonds. The highest BCUT2D eigenvalue weighted by molar-refractivity contribution is 7.15. The molecule has 0 aliphatic rings. The zero-order valence-electron chi connectivity index (χ0n) is 10.7. The normalized spacial score (nSPS) is 11.3. The van der Waals surface area contributed by atoms with E-state index in [0.717, 1.165) is 18.3 Å². The van der Waals surface area contributed by atoms with E-state index in [4.69, 9.17) is 4.74 Å². The van der Waals surface area contributed by atoms with Gasteiger partial charge < -0.3 is 4.74 Å². The molecule has 4 heteroatoms. The summed E-state index contributed by atoms with van der Waals surface area (Å²) in [6.07, 6.45) is 1.68. The highest BCUT2D eigenvalue weighted by Crippen LogP contribution is 2.35. The van der Waals surface area contributed by atoms with E-state index in [1.165, 1.54) is 11.3 Å². The molecule has 0 fully saturated rings. The smallest absolute Gasteiger partial charge is 0.348 e. The molecule has 3 nitrogen and oxygen atoms in total. The first-order valence-electron chi connectivity index (χ1n) is 5.72. The Bertz CT molecular complexity index is 418. The molecule has 17 heavy (non-hydrogen) atoms. The van der Waals surface area contributed by atoms with E-state index in [1.807, 2.05) is 0 Å². The Labute approximate surface area is 106 Å². The van der Waals surface area contributed by atoms with Crippen LogP contribution in [0.25, 0.3) is 0 Å². The quantitative estimate of drug-likeness (QED) is 0.597. The van der Waals surface area contributed by atoms with Crippen molar-refractivity contribution >= 4 is 23.6 Å². The molecule has 0 aliphatic carbocycles. The monoisotopic (exact) mass is 254 g/mol. The summed E-state index contributed by atoms with van der Waals surface area (Å²) in [5.74, 6) is -0.331. The Morgan fingerprint density at radius 1 is 1.47 bits per heavy atom. The molecule has 0 aromatic carbocycles. The molecule has 0 saturated carbocycles. The minimum atomic E-state index is -0.331. The predicted octanol–water partition coefficient (Wildman–Crippen LogP) is 3.42. The third-order valence-electron chi connectivity index (χ3n) is 2.94. The van der Waals surface area contributed by atoms with Crippen LogP contribution in [-0.4, -0.2) is 18.9 Å². The number of hydrogen-bond donors (Lipinski definition) is 0. The second kappa shape index (κ2) is 5.45. The molecule has 0 N–H and O–H groups in total. The van der Waals surface area contributed by atoms with Crippen molar-refractivity contribution in [3.63, 3.8) is 0 Å². The largest absolute Gasteiger partial charge is 0.462 e. The molecule has 94 valence electrons. The highest BCUT2D eigenvalue weighted by Gasteiger charge is 2.28. The van der Waals surface area contributed by atoms with Crippen LogP contribution in [0.15, 0.2) is 6.07 Å². The summed E-state index contributed by atoms with van der Waals surface area (Å²) in [6, 6.07) is 1.80. The molecule has 0 saturated heterocycles. The highest BCUT2D eigenvalue weighted by atomic mass is 32.1. The average Bonchev–Trinajstić information content (AvgIpc) is 2.74. The van der Waals surface area contributed by atoms with E-state index in [2.05, 4.69) is 20.8 Å². The second-order valence-electron chi connectivity index (χ2n) is 4.47. The van der Waals surface area contributed by atoms with E-state index in [1.54, 1.807) is 13.0 Å². The number of thiophene rings is 1. The lowest BCUT2D eigenvalue weighted by molar-refractivity contribution is 0.0529. The maximum absolute atomic E-state index is 11.8. The Hall–Kier alpha value is -1.16. The topological polar surface area (TPSA) is 43.4 Å². The van der Waals surface area contributed by atoms with Crippen LogP contribution < -0.4 is 0 Å². The van der Waals surface area contributed by atoms with Crippen LogP contribution in [0.1, 0.15) is 59.0 Å². The SMILES string of the molecule is CCOC(=O)c1sc(C=O)cc1C(C)(C)CC. The summed E-state index contributed by atoms with van der Waals surface area (Å²) in [5.41, 5.74) is 0.783. The summed E-state index contributed by atoms with van der Waals surface area (Å²) in [7, 11) is 0. The molecule has 1 aromatic heterocycles. The first kappa shape index (κ1) is 13.9. The summed E-state index contributed by atoms with van der Waals surface area (Å²) < 4.78 is 5.02. The van der Waals surface area contributed by atoms with E-state index in [9.17, 15) is 9.59 Å². The predicted molar refractivity (Wildman–Crippen MR) is 69.0 cm³/mol. The van der Waals surface area contributed by atoms with Crippen LogP contribution in [0.4, 0.5) is 0 Å². The first-order valence-corrected chi connectivity index (χ1v) is 6.54. The van der Waals surface area contributed by atoms with Gasteiger partial charge in [0.2, 0.25) is 0 Å². The molecule has 1 rings (SSSR count). The number of carbonyl (C=O) groups excluding carboxylic acids is 2. The third-order valence-corrected chi connectivity index (χ3v) is 3.98. The Kier molecular flexibility index (Phi) is 4.46. The lowest BCUT2D eigenvalue weighted by Crippen LogP contribution is -2.18. The van der Waals surface area contributed by atoms with Crippen LogP contribution in [0, 0.1) is 0 Å². The van der Waals surface area contributed by atoms with Crippen molar-refractivity contribution in [3.05, 3.63) is 21.4 Å². The van der Waals surface area contributed by atoms with Crippen LogP contribution in [0.3, 0.4) is 0 Å². The van der Waals surface area contributed by atoms with Crippen molar-refractivity contribution in [2.75, 3.05) is 6.61 Å². The molecule has 0 spiro atoms. The van der Waals surface area contributed by atoms with Crippen LogP contribution in [0.2, 0.25) is 0 Å². The van der Waals surface area contributed by atoms with Crippen molar-refractivity contribution in [2.24, 2.45) is 0 Å². The molecule has 0 atom stereocenters. The van der Waals surface area contributed by atoms with Gasteiger partial charge in [-0.1, -0.05) is 20.8 Å². The van der Waals surface area contributed by atoms with E-state index >= 15 is 0 Å². The van der Waals surface area contributed by atoms with E-state index in [0.29, 0.717) is 16.4 Å². The van der Waals surface area contributed by atoms with Gasteiger partial charge in [-0.25, -0.2) is 4.79 Å². The van der Waals surface area contributed by atoms with Crippen molar-refractivity contribution in [1.82, 2.24) is 0 Å². The maximum Gasteiger partial charge on any atom is 0.348 e. The number of esters is 1. The zero-order valence-corrected chi connectivity index (χ0v) is 11.5. The number of aldehydes is 1. The lowest BCUT2D eigenvalue weighted by Gasteiger charge is -2.22. The summed E-state index contributed by atoms with van der Waals surface area (Å²) >= 11 is 1.21. The van der Waals surface area contributed by atoms with E-state index < -0.39 is 0 Å². The van der Waals surface area contributed by atoms with Crippen LogP contribution in [-0.2, 0) is 10.2 Å². The second-order valence-corrected chi connectivity index (χ2v) is 5.55. The molecule has 0 unspecified atom stereocenters. The molecular weight excluding hydrogens is 236 g/mol. The number of carbonyl (C=O) groups is 2. The van der Waals surface area contributed by atoms with Gasteiger partial charge >= 0.3 is 5.97 Å². The average molecular weight is 254 g/mol. The van der Waals surface area contributed by atoms with Crippen molar-refractivity contribution < 1.29 is 14.3 Å². The minimum Gasteiger partial charge on any atom is -0.462 e. The van der Waals surface area contributed by atoms with Gasteiger partial charge in [-0.2, -0.15) is 0 Å². The van der Waals surface area contributed by atoms with Gasteiger partial charge in [0.25, 0.3) is 0 Å². The van der Waals surface area contributed by atoms with Crippen LogP contribution >= 0.6 is 11.3 Å². The van der Waals surface area contributed by atoms with Gasteiger partial charge in [0.05, 0.1) is 11.5 Å². The molecule has 0 bridgehead atoms. The standard InChI is InChI=1S/C13H18O3S/c1-5-13(3,4)10-7-9(8-14)17-11(10)12(15)16-6-2/h7-8H,5-6H2,1-4H3. The minimum absolute atomic E-state index is 0.125. The molecule has 0 aliphatic heterocycles. The molecule has 1 heterocycles. The fraction of sp³-hybridized carbons (Fsp3) is 0.538. The van der Waals surface area contributed by atoms with Gasteiger partial charge in [0, 0.05) is 0 Å². The summed E-state index contributed by atoms with van der Waals surface area (Å²) in [5, 5.41) is 0. The fourth-order valence-electron chi connectivity index (χ4n) is 1.51. The Balaban J connectivity index is 3.23. The number of rotatable bonds is 5. The van der Waals surface area contributed by atoms with Crippen molar-refractivity contribution in [3.8, 4) is 0 Å². The zero-order chi connectivity index (χ0) is 13.1. The van der Waals surface area contributed by atoms with Gasteiger partial charge in [0.1, 0.15) is 4.88 Å². The van der Waals surface area contributed by atoms with Gasteiger partial charge in [0.15, 0.2) is 6.29 Å². The van der Waals surface area contributed by atoms with Gasteiger partial charge in [-0.05, 0) is 30.4 Å². The Morgan fingerprint density at radius 3 is 2.59 bits per heavy atom. The fourth-order valence-corrected chi connectivity index (χ4v) is 2.56. The van der Waals surface area contributed by atoms with Gasteiger partial charge in [-0.3, -0.25) is 4.79 Å². The number of ether oxygens (including phenoxy) is 1. The summed E-state index contributed by atoms with van der Waals surface area (Å²) in [4.78, 5) is 23.8. The lowest BCUT2D eigenvalue weighted by atomic mass is 9.82. The third kappa shape index (κ3) is 2.94. The maximum atomic E-state index is 11.8. The van der Waals surface area contributed by atoms with Gasteiger partial charge in [-0.15, -0.1) is 11.3 Å². The molecule has 0 radical (unpaired) electrons. The van der Waals surface area contributed by atoms with Crippen molar-refractivity contribution in [1.29, 1.82) is 0 Å². The van der Waals surface area contributed by atoms with E-state index in [-0.39, 0.29) is 11.4 Å². The molecule has 1 aromatic rings. The van der Waals surface area contributed by atoms with Crippen LogP contribution in [0.5, 0.6) is 0 Å². The molecular formula is C13H18O3S. The first-order chi connectivity index (χ1) is 7.96.